The summed E-state index contributed by atoms with van der Waals surface area (Å²) >= 11 is 0. The number of furan rings is 1. The predicted octanol–water partition coefficient (Wildman–Crippen LogP) is 19.4. The van der Waals surface area contributed by atoms with E-state index >= 15 is 0 Å². The summed E-state index contributed by atoms with van der Waals surface area (Å²) in [6.45, 7) is 4.82. The van der Waals surface area contributed by atoms with Gasteiger partial charge in [0.2, 0.25) is 0 Å². The second-order valence-corrected chi connectivity index (χ2v) is 20.4. The van der Waals surface area contributed by atoms with Crippen LogP contribution in [0.25, 0.3) is 139 Å². The number of allylic oxidation sites excluding steroid dienone is 4. The monoisotopic (exact) mass is 1040 g/mol. The van der Waals surface area contributed by atoms with Crippen molar-refractivity contribution in [3.8, 4) is 50.7 Å². The molecule has 0 radical (unpaired) electrons. The standard InChI is InChI=1S/C75H49N5O/c1-49(73-76-74(56-25-11-4-12-26-56)78-75(77-73)57-27-13-5-14-28-57)47-64(55-41-39-54(40-42-55)52-23-9-3-10-24-52)68(48-50-35-37-53(38-36-50)51-21-7-2-8-22-51)80-66-34-20-18-32-63(66)69-67(80)46-45-61-62-44-43-60-59-31-17-19-33-65(59)79(58-29-15-6-16-30-58)70(60)72(62)81-71(61)69/h2-48H,1H2/b64-47-,68-48-. The highest BCUT2D eigenvalue weighted by molar-refractivity contribution is 6.29. The Kier molecular flexibility index (Phi) is 11.6. The molecule has 380 valence electrons. The smallest absolute Gasteiger partial charge is 0.164 e. The molecule has 4 aromatic heterocycles. The molecule has 0 fully saturated rings. The Balaban J connectivity index is 1.01. The van der Waals surface area contributed by atoms with Gasteiger partial charge in [-0.15, -0.1) is 0 Å². The fraction of sp³-hybridized carbons (Fsp3) is 0. The van der Waals surface area contributed by atoms with Gasteiger partial charge in [-0.2, -0.15) is 0 Å². The van der Waals surface area contributed by atoms with Crippen LogP contribution in [0.4, 0.5) is 0 Å². The highest BCUT2D eigenvalue weighted by Crippen LogP contribution is 2.46. The van der Waals surface area contributed by atoms with Crippen LogP contribution in [0.1, 0.15) is 17.0 Å². The minimum absolute atomic E-state index is 0.470. The Morgan fingerprint density at radius 1 is 0.383 bits per heavy atom. The van der Waals surface area contributed by atoms with E-state index in [1.165, 1.54) is 5.39 Å². The third-order valence-electron chi connectivity index (χ3n) is 15.5. The second kappa shape index (κ2) is 19.8. The first-order valence-electron chi connectivity index (χ1n) is 27.3. The minimum atomic E-state index is 0.470. The van der Waals surface area contributed by atoms with Crippen LogP contribution < -0.4 is 0 Å². The van der Waals surface area contributed by atoms with Crippen LogP contribution in [0.3, 0.4) is 0 Å². The maximum absolute atomic E-state index is 7.46. The van der Waals surface area contributed by atoms with E-state index in [0.717, 1.165) is 122 Å². The van der Waals surface area contributed by atoms with Crippen molar-refractivity contribution in [3.05, 3.63) is 303 Å². The van der Waals surface area contributed by atoms with Gasteiger partial charge in [-0.05, 0) is 88.0 Å². The molecule has 6 nitrogen and oxygen atoms in total. The van der Waals surface area contributed by atoms with Gasteiger partial charge in [0.15, 0.2) is 23.1 Å². The molecular formula is C75H49N5O. The van der Waals surface area contributed by atoms with Crippen LogP contribution in [0.5, 0.6) is 0 Å². The molecule has 0 unspecified atom stereocenters. The molecule has 0 saturated carbocycles. The maximum Gasteiger partial charge on any atom is 0.164 e. The van der Waals surface area contributed by atoms with Crippen molar-refractivity contribution >= 4 is 88.5 Å². The quantitative estimate of drug-likeness (QED) is 0.121. The van der Waals surface area contributed by atoms with E-state index in [9.17, 15) is 0 Å². The first-order valence-corrected chi connectivity index (χ1v) is 27.3. The zero-order valence-electron chi connectivity index (χ0n) is 44.0. The third-order valence-corrected chi connectivity index (χ3v) is 15.5. The second-order valence-electron chi connectivity index (χ2n) is 20.4. The summed E-state index contributed by atoms with van der Waals surface area (Å²) < 4.78 is 12.2. The van der Waals surface area contributed by atoms with Gasteiger partial charge in [0.25, 0.3) is 0 Å². The van der Waals surface area contributed by atoms with Gasteiger partial charge in [0.05, 0.1) is 33.2 Å². The molecule has 0 N–H and O–H groups in total. The molecule has 15 aromatic rings. The number of nitrogens with zero attached hydrogens (tertiary/aromatic N) is 5. The zero-order chi connectivity index (χ0) is 53.8. The van der Waals surface area contributed by atoms with Crippen LogP contribution in [0, 0.1) is 0 Å². The van der Waals surface area contributed by atoms with Crippen LogP contribution >= 0.6 is 0 Å². The molecule has 11 aromatic carbocycles. The largest absolute Gasteiger partial charge is 0.453 e. The van der Waals surface area contributed by atoms with Crippen molar-refractivity contribution < 1.29 is 4.42 Å². The third kappa shape index (κ3) is 8.33. The number of benzene rings is 11. The van der Waals surface area contributed by atoms with Crippen molar-refractivity contribution in [3.63, 3.8) is 0 Å². The highest BCUT2D eigenvalue weighted by atomic mass is 16.3. The maximum atomic E-state index is 7.46. The Bertz CT molecular complexity index is 4880. The molecule has 0 spiro atoms. The average Bonchev–Trinajstić information content (AvgIpc) is 4.40. The van der Waals surface area contributed by atoms with Gasteiger partial charge >= 0.3 is 0 Å². The molecule has 4 heterocycles. The van der Waals surface area contributed by atoms with Gasteiger partial charge < -0.3 is 13.6 Å². The van der Waals surface area contributed by atoms with Crippen molar-refractivity contribution in [1.29, 1.82) is 0 Å². The summed E-state index contributed by atoms with van der Waals surface area (Å²) in [6, 6.07) is 95.8. The summed E-state index contributed by atoms with van der Waals surface area (Å²) in [7, 11) is 0. The van der Waals surface area contributed by atoms with Crippen LogP contribution in [-0.4, -0.2) is 24.1 Å². The number of hydrogen-bond acceptors (Lipinski definition) is 4. The Morgan fingerprint density at radius 3 is 1.48 bits per heavy atom. The van der Waals surface area contributed by atoms with Gasteiger partial charge in [0, 0.05) is 54.9 Å². The lowest BCUT2D eigenvalue weighted by atomic mass is 9.95. The summed E-state index contributed by atoms with van der Waals surface area (Å²) in [5.74, 6) is 1.60. The van der Waals surface area contributed by atoms with Crippen molar-refractivity contribution in [1.82, 2.24) is 24.1 Å². The molecule has 15 rings (SSSR count). The number of aromatic nitrogens is 5. The first kappa shape index (κ1) is 47.3. The molecule has 0 aliphatic rings. The van der Waals surface area contributed by atoms with Gasteiger partial charge in [-0.25, -0.2) is 15.0 Å². The lowest BCUT2D eigenvalue weighted by Gasteiger charge is -2.19. The Labute approximate surface area is 467 Å². The molecule has 0 aliphatic carbocycles. The fourth-order valence-corrected chi connectivity index (χ4v) is 11.7. The minimum Gasteiger partial charge on any atom is -0.453 e. The van der Waals surface area contributed by atoms with E-state index in [0.29, 0.717) is 23.0 Å². The fourth-order valence-electron chi connectivity index (χ4n) is 11.7. The summed E-state index contributed by atoms with van der Waals surface area (Å²) in [5, 5.41) is 6.51. The Hall–Kier alpha value is -11.0. The molecule has 0 amide bonds. The molecule has 0 aliphatic heterocycles. The molecule has 0 atom stereocenters. The predicted molar refractivity (Wildman–Crippen MR) is 337 cm³/mol. The topological polar surface area (TPSA) is 61.7 Å². The molecule has 81 heavy (non-hydrogen) atoms. The SMILES string of the molecule is C=C(/C=C(\C(=C\c1ccc(-c2ccccc2)cc1)n1c2ccccc2c2c3oc4c(ccc5c6ccccc6n(-c6ccccc6)c54)c3ccc21)c1ccc(-c2ccccc2)cc1)c1nc(-c2ccccc2)nc(-c2ccccc2)n1. The molecular weight excluding hydrogens is 987 g/mol. The van der Waals surface area contributed by atoms with Crippen molar-refractivity contribution in [2.75, 3.05) is 0 Å². The van der Waals surface area contributed by atoms with E-state index in [-0.39, 0.29) is 0 Å². The van der Waals surface area contributed by atoms with Crippen LogP contribution in [-0.2, 0) is 0 Å². The normalized spacial score (nSPS) is 12.1. The summed E-state index contributed by atoms with van der Waals surface area (Å²) in [4.78, 5) is 15.4. The summed E-state index contributed by atoms with van der Waals surface area (Å²) in [6.07, 6.45) is 4.45. The lowest BCUT2D eigenvalue weighted by molar-refractivity contribution is 0.675. The van der Waals surface area contributed by atoms with E-state index in [2.05, 4.69) is 234 Å². The number of hydrogen-bond donors (Lipinski definition) is 0. The van der Waals surface area contributed by atoms with E-state index in [4.69, 9.17) is 25.9 Å². The van der Waals surface area contributed by atoms with E-state index in [1.54, 1.807) is 0 Å². The molecule has 0 saturated heterocycles. The molecule has 0 bridgehead atoms. The number of para-hydroxylation sites is 3. The van der Waals surface area contributed by atoms with Crippen LogP contribution in [0.2, 0.25) is 0 Å². The van der Waals surface area contributed by atoms with E-state index in [1.807, 2.05) is 60.7 Å². The first-order chi connectivity index (χ1) is 40.1. The van der Waals surface area contributed by atoms with Crippen LogP contribution in [0.15, 0.2) is 290 Å². The van der Waals surface area contributed by atoms with Gasteiger partial charge in [-0.1, -0.05) is 237 Å². The number of rotatable bonds is 11. The number of fused-ring (bicyclic) bond motifs is 11. The summed E-state index contributed by atoms with van der Waals surface area (Å²) in [5.41, 5.74) is 17.7. The zero-order valence-corrected chi connectivity index (χ0v) is 44.0. The van der Waals surface area contributed by atoms with Crippen molar-refractivity contribution in [2.45, 2.75) is 0 Å². The van der Waals surface area contributed by atoms with Gasteiger partial charge in [0.1, 0.15) is 5.58 Å². The Morgan fingerprint density at radius 2 is 0.864 bits per heavy atom. The van der Waals surface area contributed by atoms with Gasteiger partial charge in [-0.3, -0.25) is 0 Å². The molecule has 6 heteroatoms. The lowest BCUT2D eigenvalue weighted by Crippen LogP contribution is -2.04. The average molecular weight is 1040 g/mol. The van der Waals surface area contributed by atoms with E-state index < -0.39 is 0 Å². The van der Waals surface area contributed by atoms with Crippen molar-refractivity contribution in [2.24, 2.45) is 0 Å². The highest BCUT2D eigenvalue weighted by Gasteiger charge is 2.25.